The molecule has 0 aliphatic rings. The van der Waals surface area contributed by atoms with Gasteiger partial charge in [-0.3, -0.25) is 4.55 Å². The van der Waals surface area contributed by atoms with Gasteiger partial charge in [-0.25, -0.2) is 0 Å². The van der Waals surface area contributed by atoms with Crippen LogP contribution in [0.25, 0.3) is 0 Å². The molecule has 0 aromatic heterocycles. The van der Waals surface area contributed by atoms with Crippen LogP contribution >= 0.6 is 23.6 Å². The second kappa shape index (κ2) is 5.36. The molecular formula is C4H10Cl2NNaO3S. The third-order valence-corrected chi connectivity index (χ3v) is 2.98. The van der Waals surface area contributed by atoms with Crippen LogP contribution < -0.4 is 29.6 Å². The third kappa shape index (κ3) is 6.91. The van der Waals surface area contributed by atoms with E-state index in [4.69, 9.17) is 28.1 Å². The minimum atomic E-state index is -4.04. The summed E-state index contributed by atoms with van der Waals surface area (Å²) in [4.78, 5) is 0. The molecule has 0 amide bonds. The van der Waals surface area contributed by atoms with Gasteiger partial charge in [0.15, 0.2) is 0 Å². The van der Waals surface area contributed by atoms with Crippen LogP contribution in [0.3, 0.4) is 0 Å². The zero-order valence-corrected chi connectivity index (χ0v) is 11.4. The van der Waals surface area contributed by atoms with Crippen molar-refractivity contribution in [3.05, 3.63) is 0 Å². The van der Waals surface area contributed by atoms with E-state index in [2.05, 4.69) is 0 Å². The Morgan fingerprint density at radius 3 is 1.92 bits per heavy atom. The SMILES string of the molecule is CC(C)(CS(=O)(=O)O)N(Cl)Cl.[H-].[Na+]. The van der Waals surface area contributed by atoms with Gasteiger partial charge in [-0.15, -0.1) is 3.94 Å². The van der Waals surface area contributed by atoms with Crippen LogP contribution in [0.15, 0.2) is 0 Å². The van der Waals surface area contributed by atoms with Gasteiger partial charge in [0.05, 0.1) is 11.3 Å². The van der Waals surface area contributed by atoms with Crippen LogP contribution in [-0.4, -0.2) is 28.2 Å². The average Bonchev–Trinajstić information content (AvgIpc) is 1.56. The van der Waals surface area contributed by atoms with Crippen molar-refractivity contribution in [3.8, 4) is 0 Å². The fourth-order valence-corrected chi connectivity index (χ4v) is 1.78. The summed E-state index contributed by atoms with van der Waals surface area (Å²) in [6, 6.07) is 0. The molecule has 0 aliphatic heterocycles. The van der Waals surface area contributed by atoms with E-state index in [9.17, 15) is 8.42 Å². The van der Waals surface area contributed by atoms with Gasteiger partial charge in [0.25, 0.3) is 10.1 Å². The summed E-state index contributed by atoms with van der Waals surface area (Å²) in [6.45, 7) is 2.97. The molecule has 0 fully saturated rings. The molecule has 8 heteroatoms. The van der Waals surface area contributed by atoms with Crippen LogP contribution in [0.5, 0.6) is 0 Å². The summed E-state index contributed by atoms with van der Waals surface area (Å²) in [7, 11) is -4.04. The Morgan fingerprint density at radius 1 is 1.50 bits per heavy atom. The topological polar surface area (TPSA) is 57.6 Å². The first-order chi connectivity index (χ1) is 4.65. The number of halogens is 2. The molecule has 0 aliphatic carbocycles. The van der Waals surface area contributed by atoms with E-state index in [1.165, 1.54) is 13.8 Å². The molecule has 12 heavy (non-hydrogen) atoms. The standard InChI is InChI=1S/C4H9Cl2NO3S.Na.H/c1-4(2,7(5)6)3-11(8,9)10;;/h3H2,1-2H3,(H,8,9,10);;/q;+1;-1. The Kier molecular flexibility index (Phi) is 7.10. The molecule has 0 heterocycles. The van der Waals surface area contributed by atoms with Gasteiger partial charge in [-0.05, 0) is 37.4 Å². The normalized spacial score (nSPS) is 12.8. The first-order valence-electron chi connectivity index (χ1n) is 2.72. The fraction of sp³-hybridized carbons (Fsp3) is 1.00. The molecule has 0 unspecified atom stereocenters. The molecule has 0 saturated carbocycles. The third-order valence-electron chi connectivity index (χ3n) is 0.993. The van der Waals surface area contributed by atoms with Crippen molar-refractivity contribution in [3.63, 3.8) is 0 Å². The molecule has 0 radical (unpaired) electrons. The van der Waals surface area contributed by atoms with Gasteiger partial charge in [0.2, 0.25) is 0 Å². The predicted octanol–water partition coefficient (Wildman–Crippen LogP) is -1.62. The zero-order valence-electron chi connectivity index (χ0n) is 8.08. The predicted molar refractivity (Wildman–Crippen MR) is 45.2 cm³/mol. The zero-order chi connectivity index (χ0) is 9.28. The molecule has 0 aromatic carbocycles. The Morgan fingerprint density at radius 2 is 1.83 bits per heavy atom. The second-order valence-corrected chi connectivity index (χ2v) is 5.07. The molecule has 0 rings (SSSR count). The quantitative estimate of drug-likeness (QED) is 0.369. The first kappa shape index (κ1) is 15.9. The van der Waals surface area contributed by atoms with Gasteiger partial charge in [-0.2, -0.15) is 8.42 Å². The van der Waals surface area contributed by atoms with Crippen LogP contribution in [0.4, 0.5) is 0 Å². The number of hydrogen-bond acceptors (Lipinski definition) is 3. The van der Waals surface area contributed by atoms with E-state index in [-0.39, 0.29) is 31.0 Å². The summed E-state index contributed by atoms with van der Waals surface area (Å²) in [5.74, 6) is -0.507. The molecule has 0 atom stereocenters. The number of nitrogens with zero attached hydrogens (tertiary/aromatic N) is 1. The first-order valence-corrected chi connectivity index (χ1v) is 5.01. The van der Waals surface area contributed by atoms with Gasteiger partial charge < -0.3 is 1.43 Å². The fourth-order valence-electron chi connectivity index (χ4n) is 0.495. The summed E-state index contributed by atoms with van der Waals surface area (Å²) < 4.78 is 29.9. The smallest absolute Gasteiger partial charge is 1.00 e. The van der Waals surface area contributed by atoms with Gasteiger partial charge in [0.1, 0.15) is 0 Å². The van der Waals surface area contributed by atoms with Crippen molar-refractivity contribution < 1.29 is 44.0 Å². The number of rotatable bonds is 3. The van der Waals surface area contributed by atoms with E-state index in [1.807, 2.05) is 0 Å². The molecule has 0 saturated heterocycles. The van der Waals surface area contributed by atoms with Gasteiger partial charge in [-0.1, -0.05) is 0 Å². The van der Waals surface area contributed by atoms with Crippen molar-refractivity contribution in [1.29, 1.82) is 0 Å². The molecule has 0 aromatic rings. The molecule has 1 N–H and O–H groups in total. The van der Waals surface area contributed by atoms with Crippen molar-refractivity contribution in [2.45, 2.75) is 19.4 Å². The van der Waals surface area contributed by atoms with E-state index in [0.717, 1.165) is 0 Å². The van der Waals surface area contributed by atoms with Crippen LogP contribution in [0.1, 0.15) is 15.3 Å². The maximum absolute atomic E-state index is 10.4. The van der Waals surface area contributed by atoms with Crippen molar-refractivity contribution in [1.82, 2.24) is 3.94 Å². The van der Waals surface area contributed by atoms with E-state index in [0.29, 0.717) is 3.94 Å². The van der Waals surface area contributed by atoms with E-state index >= 15 is 0 Å². The Balaban J connectivity index is -0.000000500. The van der Waals surface area contributed by atoms with E-state index in [1.54, 1.807) is 0 Å². The summed E-state index contributed by atoms with van der Waals surface area (Å²) in [6.07, 6.45) is 0. The Labute approximate surface area is 106 Å². The minimum Gasteiger partial charge on any atom is -1.00 e. The van der Waals surface area contributed by atoms with Crippen molar-refractivity contribution in [2.24, 2.45) is 0 Å². The summed E-state index contributed by atoms with van der Waals surface area (Å²) >= 11 is 10.6. The van der Waals surface area contributed by atoms with Crippen LogP contribution in [0.2, 0.25) is 0 Å². The Hall–Kier alpha value is 1.45. The van der Waals surface area contributed by atoms with Crippen LogP contribution in [-0.2, 0) is 10.1 Å². The number of hydrogen-bond donors (Lipinski definition) is 1. The average molecular weight is 246 g/mol. The van der Waals surface area contributed by atoms with Crippen LogP contribution in [0, 0.1) is 0 Å². The second-order valence-electron chi connectivity index (χ2n) is 2.77. The largest absolute Gasteiger partial charge is 1.00 e. The maximum atomic E-state index is 10.4. The molecular weight excluding hydrogens is 236 g/mol. The maximum Gasteiger partial charge on any atom is 1.00 e. The van der Waals surface area contributed by atoms with Crippen molar-refractivity contribution in [2.75, 3.05) is 5.75 Å². The molecule has 70 valence electrons. The molecule has 4 nitrogen and oxygen atoms in total. The Bertz CT molecular complexity index is 234. The van der Waals surface area contributed by atoms with Gasteiger partial charge >= 0.3 is 29.6 Å². The molecule has 0 spiro atoms. The van der Waals surface area contributed by atoms with Gasteiger partial charge in [0, 0.05) is 0 Å². The molecule has 0 bridgehead atoms. The monoisotopic (exact) mass is 245 g/mol. The van der Waals surface area contributed by atoms with E-state index < -0.39 is 21.4 Å². The summed E-state index contributed by atoms with van der Waals surface area (Å²) in [5.41, 5.74) is -0.989. The minimum absolute atomic E-state index is 0. The summed E-state index contributed by atoms with van der Waals surface area (Å²) in [5, 5.41) is 0. The van der Waals surface area contributed by atoms with Crippen molar-refractivity contribution >= 4 is 33.7 Å².